The quantitative estimate of drug-likeness (QED) is 0.0199. The van der Waals surface area contributed by atoms with Gasteiger partial charge < -0.3 is 60.2 Å². The highest BCUT2D eigenvalue weighted by atomic mass is 16.6. The predicted molar refractivity (Wildman–Crippen MR) is 268 cm³/mol. The normalized spacial score (nSPS) is 14.0. The standard InChI is InChI=1S/C52H84N2O22/c1-43(2,3)25-45(7,8)37(73-33(63)35(65)75-51(41(69)70,21-29(55)56)22-30(57)58)47(11,12)27-49(15,16)39(67)53-19-20-54-40(68)50(17,18)28-48(13,14)38(46(9,10)26-44(4,5)6)74-34(64)36(66)76-52(42(71)72,23-31(59)60)24-32(61)62/h37-38H,19-28H2,1-18H3,(H,53,67)(H,54,68)(H,55,56)(H,57,58)(H,59,60)(H,61,62)(H,69,70)(H,71,72). The highest BCUT2D eigenvalue weighted by Gasteiger charge is 2.54. The lowest BCUT2D eigenvalue weighted by molar-refractivity contribution is -0.199. The number of carbonyl (C=O) groups is 12. The van der Waals surface area contributed by atoms with E-state index in [0.717, 1.165) is 0 Å². The summed E-state index contributed by atoms with van der Waals surface area (Å²) in [7, 11) is 0. The maximum absolute atomic E-state index is 13.9. The Morgan fingerprint density at radius 3 is 0.776 bits per heavy atom. The van der Waals surface area contributed by atoms with Crippen LogP contribution in [0, 0.1) is 43.3 Å². The second kappa shape index (κ2) is 25.2. The minimum absolute atomic E-state index is 0.0158. The number of esters is 4. The Kier molecular flexibility index (Phi) is 23.1. The number of nitrogens with one attached hydrogen (secondary N) is 2. The second-order valence-electron chi connectivity index (χ2n) is 26.3. The third kappa shape index (κ3) is 21.3. The molecule has 24 heteroatoms. The number of hydrogen-bond acceptors (Lipinski definition) is 16. The van der Waals surface area contributed by atoms with E-state index in [4.69, 9.17) is 18.9 Å². The van der Waals surface area contributed by atoms with E-state index in [9.17, 15) is 88.2 Å². The van der Waals surface area contributed by atoms with Gasteiger partial charge in [-0.2, -0.15) is 0 Å². The first kappa shape index (κ1) is 69.6. The molecule has 0 fully saturated rings. The average Bonchev–Trinajstić information content (AvgIpc) is 3.15. The number of hydrogen-bond donors (Lipinski definition) is 8. The molecule has 0 aliphatic rings. The molecule has 0 heterocycles. The zero-order valence-corrected chi connectivity index (χ0v) is 47.4. The molecule has 8 N–H and O–H groups in total. The number of carboxylic acids is 6. The van der Waals surface area contributed by atoms with Gasteiger partial charge in [-0.15, -0.1) is 0 Å². The molecule has 2 amide bonds. The number of aliphatic carboxylic acids is 6. The number of ether oxygens (including phenoxy) is 4. The summed E-state index contributed by atoms with van der Waals surface area (Å²) < 4.78 is 21.2. The minimum Gasteiger partial charge on any atom is -0.481 e. The molecule has 0 spiro atoms. The van der Waals surface area contributed by atoms with Crippen LogP contribution in [-0.2, 0) is 76.5 Å². The lowest BCUT2D eigenvalue weighted by Gasteiger charge is -2.48. The van der Waals surface area contributed by atoms with Gasteiger partial charge in [0.05, 0.1) is 25.7 Å². The van der Waals surface area contributed by atoms with Crippen LogP contribution in [0.25, 0.3) is 0 Å². The minimum atomic E-state index is -3.16. The average molecular weight is 1090 g/mol. The summed E-state index contributed by atoms with van der Waals surface area (Å²) in [5.74, 6) is -19.9. The van der Waals surface area contributed by atoms with Crippen LogP contribution in [0.5, 0.6) is 0 Å². The van der Waals surface area contributed by atoms with Crippen LogP contribution in [0.15, 0.2) is 0 Å². The fourth-order valence-corrected chi connectivity index (χ4v) is 11.5. The lowest BCUT2D eigenvalue weighted by atomic mass is 9.61. The Hall–Kier alpha value is -6.36. The van der Waals surface area contributed by atoms with E-state index in [1.54, 1.807) is 83.1 Å². The summed E-state index contributed by atoms with van der Waals surface area (Å²) in [6, 6.07) is 0. The van der Waals surface area contributed by atoms with Gasteiger partial charge in [0.25, 0.3) is 0 Å². The summed E-state index contributed by atoms with van der Waals surface area (Å²) in [5, 5.41) is 62.5. The van der Waals surface area contributed by atoms with Gasteiger partial charge in [0.2, 0.25) is 23.0 Å². The summed E-state index contributed by atoms with van der Waals surface area (Å²) in [6.07, 6.45) is -7.67. The molecule has 0 aliphatic heterocycles. The maximum Gasteiger partial charge on any atom is 0.418 e. The molecule has 0 aliphatic carbocycles. The van der Waals surface area contributed by atoms with Crippen molar-refractivity contribution in [1.82, 2.24) is 10.6 Å². The van der Waals surface area contributed by atoms with Crippen LogP contribution in [0.2, 0.25) is 0 Å². The van der Waals surface area contributed by atoms with Crippen molar-refractivity contribution >= 4 is 71.5 Å². The first-order chi connectivity index (χ1) is 33.7. The second-order valence-corrected chi connectivity index (χ2v) is 26.3. The van der Waals surface area contributed by atoms with Crippen LogP contribution in [0.1, 0.15) is 176 Å². The van der Waals surface area contributed by atoms with Crippen LogP contribution in [0.4, 0.5) is 0 Å². The molecule has 0 saturated carbocycles. The molecule has 0 aromatic rings. The summed E-state index contributed by atoms with van der Waals surface area (Å²) in [4.78, 5) is 152. The van der Waals surface area contributed by atoms with E-state index < -0.39 is 164 Å². The Morgan fingerprint density at radius 1 is 0.355 bits per heavy atom. The molecule has 2 atom stereocenters. The number of rotatable bonds is 29. The summed E-state index contributed by atoms with van der Waals surface area (Å²) in [6.45, 7) is 31.4. The molecule has 0 aromatic carbocycles. The fraction of sp³-hybridized carbons (Fsp3) is 0.769. The van der Waals surface area contributed by atoms with E-state index in [1.807, 2.05) is 41.5 Å². The number of carboxylic acid groups (broad SMARTS) is 6. The zero-order chi connectivity index (χ0) is 60.4. The largest absolute Gasteiger partial charge is 0.481 e. The summed E-state index contributed by atoms with van der Waals surface area (Å²) in [5.41, 5.74) is -13.9. The SMILES string of the molecule is CC(C)(C)CC(C)(C)C(OC(=O)C(=O)OC(CC(=O)O)(CC(=O)O)C(=O)O)C(C)(C)CC(C)(C)C(=O)NCCNC(=O)C(C)(C)CC(C)(C)C(OC(=O)C(=O)OC(CC(=O)O)(CC(=O)O)C(=O)O)C(C)(C)CC(C)(C)C. The molecular weight excluding hydrogens is 1000 g/mol. The first-order valence-corrected chi connectivity index (χ1v) is 24.5. The monoisotopic (exact) mass is 1090 g/mol. The molecular formula is C52H84N2O22. The fourth-order valence-electron chi connectivity index (χ4n) is 11.5. The van der Waals surface area contributed by atoms with Gasteiger partial charge in [0.15, 0.2) is 0 Å². The van der Waals surface area contributed by atoms with Gasteiger partial charge in [-0.1, -0.05) is 125 Å². The first-order valence-electron chi connectivity index (χ1n) is 24.5. The van der Waals surface area contributed by atoms with Crippen LogP contribution < -0.4 is 10.6 Å². The molecule has 76 heavy (non-hydrogen) atoms. The maximum atomic E-state index is 13.9. The van der Waals surface area contributed by atoms with Crippen molar-refractivity contribution in [3.63, 3.8) is 0 Å². The topological polar surface area (TPSA) is 387 Å². The molecule has 0 aromatic heterocycles. The zero-order valence-electron chi connectivity index (χ0n) is 47.4. The van der Waals surface area contributed by atoms with Crippen molar-refractivity contribution in [2.24, 2.45) is 43.3 Å². The van der Waals surface area contributed by atoms with Gasteiger partial charge in [-0.05, 0) is 36.5 Å². The van der Waals surface area contributed by atoms with Crippen molar-refractivity contribution in [3.05, 3.63) is 0 Å². The van der Waals surface area contributed by atoms with E-state index in [2.05, 4.69) is 10.6 Å². The molecule has 0 bridgehead atoms. The summed E-state index contributed by atoms with van der Waals surface area (Å²) >= 11 is 0. The van der Waals surface area contributed by atoms with Gasteiger partial charge in [0, 0.05) is 45.6 Å². The third-order valence-electron chi connectivity index (χ3n) is 12.4. The molecule has 434 valence electrons. The Morgan fingerprint density at radius 2 is 0.579 bits per heavy atom. The number of amides is 2. The molecule has 0 radical (unpaired) electrons. The molecule has 0 saturated heterocycles. The highest BCUT2D eigenvalue weighted by Crippen LogP contribution is 2.50. The van der Waals surface area contributed by atoms with Crippen molar-refractivity contribution in [3.8, 4) is 0 Å². The van der Waals surface area contributed by atoms with Gasteiger partial charge in [0.1, 0.15) is 12.2 Å². The predicted octanol–water partition coefficient (Wildman–Crippen LogP) is 5.48. The van der Waals surface area contributed by atoms with E-state index in [0.29, 0.717) is 12.8 Å². The molecule has 0 rings (SSSR count). The van der Waals surface area contributed by atoms with E-state index >= 15 is 0 Å². The van der Waals surface area contributed by atoms with Gasteiger partial charge in [-0.3, -0.25) is 28.8 Å². The molecule has 24 nitrogen and oxygen atoms in total. The van der Waals surface area contributed by atoms with Crippen molar-refractivity contribution < 1.29 is 107 Å². The van der Waals surface area contributed by atoms with Gasteiger partial charge >= 0.3 is 59.7 Å². The van der Waals surface area contributed by atoms with Crippen LogP contribution in [0.3, 0.4) is 0 Å². The van der Waals surface area contributed by atoms with E-state index in [-0.39, 0.29) is 25.9 Å². The smallest absolute Gasteiger partial charge is 0.418 e. The Bertz CT molecular complexity index is 2040. The Labute approximate surface area is 444 Å². The Balaban J connectivity index is 6.56. The van der Waals surface area contributed by atoms with Crippen molar-refractivity contribution in [2.45, 2.75) is 199 Å². The van der Waals surface area contributed by atoms with Crippen molar-refractivity contribution in [2.75, 3.05) is 13.1 Å². The highest BCUT2D eigenvalue weighted by molar-refractivity contribution is 6.30. The third-order valence-corrected chi connectivity index (χ3v) is 12.4. The van der Waals surface area contributed by atoms with E-state index in [1.165, 1.54) is 0 Å². The lowest BCUT2D eigenvalue weighted by Crippen LogP contribution is -2.53. The number of carbonyl (C=O) groups excluding carboxylic acids is 6. The van der Waals surface area contributed by atoms with Crippen molar-refractivity contribution in [1.29, 1.82) is 0 Å². The van der Waals surface area contributed by atoms with Crippen LogP contribution in [-0.4, -0.2) is 139 Å². The van der Waals surface area contributed by atoms with Crippen LogP contribution >= 0.6 is 0 Å². The molecule has 2 unspecified atom stereocenters. The van der Waals surface area contributed by atoms with Gasteiger partial charge in [-0.25, -0.2) is 28.8 Å².